The highest BCUT2D eigenvalue weighted by Gasteiger charge is 2.62. The topological polar surface area (TPSA) is 231 Å². The first-order valence-corrected chi connectivity index (χ1v) is 18.5. The van der Waals surface area contributed by atoms with Gasteiger partial charge in [0.2, 0.25) is 21.8 Å². The lowest BCUT2D eigenvalue weighted by molar-refractivity contribution is -0.143. The van der Waals surface area contributed by atoms with Crippen LogP contribution in [0.1, 0.15) is 67.2 Å². The minimum atomic E-state index is -3.93. The van der Waals surface area contributed by atoms with Crippen molar-refractivity contribution in [2.45, 2.75) is 102 Å². The molecule has 2 aliphatic carbocycles. The van der Waals surface area contributed by atoms with Crippen LogP contribution in [0.4, 0.5) is 15.3 Å². The second-order valence-electron chi connectivity index (χ2n) is 15.4. The summed E-state index contributed by atoms with van der Waals surface area (Å²) in [5, 5.41) is 13.9. The van der Waals surface area contributed by atoms with E-state index in [9.17, 15) is 32.4 Å². The van der Waals surface area contributed by atoms with Gasteiger partial charge in [-0.25, -0.2) is 23.0 Å². The fraction of sp³-hybridized carbons (Fsp3) is 0.559. The molecule has 5 amide bonds. The summed E-state index contributed by atoms with van der Waals surface area (Å²) in [5.74, 6) is -2.51. The third-order valence-electron chi connectivity index (χ3n) is 8.98. The summed E-state index contributed by atoms with van der Waals surface area (Å²) in [5.41, 5.74) is -2.46. The van der Waals surface area contributed by atoms with E-state index in [1.54, 1.807) is 65.8 Å². The zero-order valence-corrected chi connectivity index (χ0v) is 30.8. The van der Waals surface area contributed by atoms with Crippen molar-refractivity contribution < 1.29 is 41.9 Å². The Bertz CT molecular complexity index is 1830. The third-order valence-corrected chi connectivity index (χ3v) is 10.8. The SMILES string of the molecule is C=CC1CC1(NC(=O)[C@@H]1C[C@@H](OC(=O)Nc2ccccc2-c2ncn[nH]2)CN1C(=O)[C@@H](NC(=O)OC(C)(C)C)C(C)(C)C)C(=O)NS(=O)(=O)C1CC1. The van der Waals surface area contributed by atoms with E-state index in [4.69, 9.17) is 9.47 Å². The molecule has 5 atom stereocenters. The Balaban J connectivity index is 1.39. The largest absolute Gasteiger partial charge is 0.444 e. The number of H-pyrrole nitrogens is 1. The summed E-state index contributed by atoms with van der Waals surface area (Å²) in [4.78, 5) is 73.3. The Labute approximate surface area is 302 Å². The van der Waals surface area contributed by atoms with Crippen molar-refractivity contribution in [1.29, 1.82) is 0 Å². The molecule has 2 saturated carbocycles. The molecule has 5 rings (SSSR count). The Morgan fingerprint density at radius 3 is 2.35 bits per heavy atom. The molecule has 5 N–H and O–H groups in total. The Hall–Kier alpha value is -5.00. The molecule has 2 unspecified atom stereocenters. The molecule has 0 spiro atoms. The van der Waals surface area contributed by atoms with Gasteiger partial charge in [-0.15, -0.1) is 6.58 Å². The van der Waals surface area contributed by atoms with Gasteiger partial charge in [0.25, 0.3) is 5.91 Å². The molecular formula is C34H46N8O9S. The van der Waals surface area contributed by atoms with Gasteiger partial charge in [0.1, 0.15) is 35.7 Å². The number of aromatic amines is 1. The fourth-order valence-corrected chi connectivity index (χ4v) is 7.42. The number of sulfonamides is 1. The maximum atomic E-state index is 14.3. The molecule has 3 aliphatic rings. The van der Waals surface area contributed by atoms with E-state index in [2.05, 4.69) is 42.4 Å². The number of likely N-dealkylation sites (tertiary alicyclic amines) is 1. The molecule has 1 saturated heterocycles. The lowest BCUT2D eigenvalue weighted by Gasteiger charge is -2.36. The zero-order chi connectivity index (χ0) is 38.2. The minimum absolute atomic E-state index is 0.0900. The Morgan fingerprint density at radius 2 is 1.77 bits per heavy atom. The highest BCUT2D eigenvalue weighted by Crippen LogP contribution is 2.45. The number of alkyl carbamates (subject to hydrolysis) is 1. The van der Waals surface area contributed by atoms with Crippen LogP contribution in [0, 0.1) is 11.3 Å². The van der Waals surface area contributed by atoms with Crippen molar-refractivity contribution >= 4 is 45.6 Å². The maximum Gasteiger partial charge on any atom is 0.411 e. The number of nitrogens with zero attached hydrogens (tertiary/aromatic N) is 3. The van der Waals surface area contributed by atoms with Gasteiger partial charge in [-0.05, 0) is 57.6 Å². The molecule has 0 bridgehead atoms. The van der Waals surface area contributed by atoms with Crippen LogP contribution in [0.25, 0.3) is 11.4 Å². The molecule has 282 valence electrons. The Morgan fingerprint density at radius 1 is 1.08 bits per heavy atom. The number of carbonyl (C=O) groups excluding carboxylic acids is 5. The van der Waals surface area contributed by atoms with Crippen LogP contribution in [0.5, 0.6) is 0 Å². The highest BCUT2D eigenvalue weighted by molar-refractivity contribution is 7.91. The van der Waals surface area contributed by atoms with Crippen LogP contribution in [0.3, 0.4) is 0 Å². The molecular weight excluding hydrogens is 696 g/mol. The first kappa shape index (κ1) is 38.2. The molecule has 1 aliphatic heterocycles. The first-order chi connectivity index (χ1) is 24.2. The van der Waals surface area contributed by atoms with E-state index in [1.165, 1.54) is 17.3 Å². The second kappa shape index (κ2) is 14.2. The van der Waals surface area contributed by atoms with Crippen molar-refractivity contribution in [2.24, 2.45) is 11.3 Å². The van der Waals surface area contributed by atoms with Crippen LogP contribution in [0.2, 0.25) is 0 Å². The summed E-state index contributed by atoms with van der Waals surface area (Å²) >= 11 is 0. The zero-order valence-electron chi connectivity index (χ0n) is 30.0. The average Bonchev–Trinajstić information content (AvgIpc) is 3.91. The van der Waals surface area contributed by atoms with Crippen LogP contribution in [-0.4, -0.2) is 99.5 Å². The van der Waals surface area contributed by atoms with E-state index in [0.717, 1.165) is 0 Å². The van der Waals surface area contributed by atoms with E-state index < -0.39 is 85.8 Å². The molecule has 2 heterocycles. The number of amides is 5. The number of ether oxygens (including phenoxy) is 2. The van der Waals surface area contributed by atoms with Crippen LogP contribution < -0.4 is 20.7 Å². The number of rotatable bonds is 11. The number of hydrogen-bond acceptors (Lipinski definition) is 11. The number of aromatic nitrogens is 3. The predicted molar refractivity (Wildman–Crippen MR) is 188 cm³/mol. The van der Waals surface area contributed by atoms with Gasteiger partial charge >= 0.3 is 12.2 Å². The number of carbonyl (C=O) groups is 5. The number of benzene rings is 1. The van der Waals surface area contributed by atoms with Gasteiger partial charge in [0.15, 0.2) is 5.82 Å². The molecule has 1 aromatic carbocycles. The molecule has 1 aromatic heterocycles. The number of hydrogen-bond donors (Lipinski definition) is 5. The van der Waals surface area contributed by atoms with Gasteiger partial charge in [0, 0.05) is 17.9 Å². The summed E-state index contributed by atoms with van der Waals surface area (Å²) in [6.45, 7) is 13.7. The number of para-hydroxylation sites is 1. The van der Waals surface area contributed by atoms with Crippen molar-refractivity contribution in [3.8, 4) is 11.4 Å². The number of anilines is 1. The standard InChI is InChI=1S/C34H46N8O9S/c1-8-19-16-34(19,29(45)41-52(48,49)21-13-14-21)39-27(43)24-15-20(50-30(46)37-23-12-10-9-11-22(23)26-35-18-36-40-26)17-42(24)28(44)25(32(2,3)4)38-31(47)51-33(5,6)7/h8-12,18-21,24-25H,1,13-17H2,2-7H3,(H,37,46)(H,38,47)(H,39,43)(H,41,45)(H,35,36,40)/t19?,20-,24+,25-,34?/m1/s1. The van der Waals surface area contributed by atoms with Crippen LogP contribution >= 0.6 is 0 Å². The smallest absolute Gasteiger partial charge is 0.411 e. The average molecular weight is 743 g/mol. The number of nitrogens with one attached hydrogen (secondary N) is 5. The quantitative estimate of drug-likeness (QED) is 0.210. The lowest BCUT2D eigenvalue weighted by Crippen LogP contribution is -2.60. The van der Waals surface area contributed by atoms with E-state index in [0.29, 0.717) is 29.9 Å². The molecule has 18 heteroatoms. The molecule has 0 radical (unpaired) electrons. The summed E-state index contributed by atoms with van der Waals surface area (Å²) in [6, 6.07) is 4.32. The monoisotopic (exact) mass is 742 g/mol. The van der Waals surface area contributed by atoms with Gasteiger partial charge < -0.3 is 25.0 Å². The molecule has 2 aromatic rings. The first-order valence-electron chi connectivity index (χ1n) is 17.0. The second-order valence-corrected chi connectivity index (χ2v) is 17.4. The van der Waals surface area contributed by atoms with Crippen molar-refractivity contribution in [1.82, 2.24) is 35.4 Å². The van der Waals surface area contributed by atoms with Crippen molar-refractivity contribution in [2.75, 3.05) is 11.9 Å². The predicted octanol–water partition coefficient (Wildman–Crippen LogP) is 2.60. The van der Waals surface area contributed by atoms with Gasteiger partial charge in [0.05, 0.1) is 17.5 Å². The van der Waals surface area contributed by atoms with Crippen molar-refractivity contribution in [3.05, 3.63) is 43.2 Å². The molecule has 52 heavy (non-hydrogen) atoms. The lowest BCUT2D eigenvalue weighted by atomic mass is 9.85. The van der Waals surface area contributed by atoms with Gasteiger partial charge in [-0.2, -0.15) is 5.10 Å². The third kappa shape index (κ3) is 8.71. The normalized spacial score (nSPS) is 23.5. The molecule has 3 fully saturated rings. The highest BCUT2D eigenvalue weighted by atomic mass is 32.2. The van der Waals surface area contributed by atoms with Crippen LogP contribution in [-0.2, 0) is 33.9 Å². The van der Waals surface area contributed by atoms with E-state index in [1.807, 2.05) is 0 Å². The van der Waals surface area contributed by atoms with E-state index in [-0.39, 0.29) is 19.4 Å². The Kier molecular flexibility index (Phi) is 10.4. The van der Waals surface area contributed by atoms with Gasteiger partial charge in [-0.1, -0.05) is 39.0 Å². The van der Waals surface area contributed by atoms with Crippen LogP contribution in [0.15, 0.2) is 43.2 Å². The van der Waals surface area contributed by atoms with Crippen molar-refractivity contribution in [3.63, 3.8) is 0 Å². The minimum Gasteiger partial charge on any atom is -0.444 e. The summed E-state index contributed by atoms with van der Waals surface area (Å²) in [6.07, 6.45) is 0.820. The summed E-state index contributed by atoms with van der Waals surface area (Å²) < 4.78 is 38.5. The maximum absolute atomic E-state index is 14.3. The summed E-state index contributed by atoms with van der Waals surface area (Å²) in [7, 11) is -3.93. The molecule has 17 nitrogen and oxygen atoms in total. The van der Waals surface area contributed by atoms with E-state index >= 15 is 0 Å². The fourth-order valence-electron chi connectivity index (χ4n) is 6.06. The van der Waals surface area contributed by atoms with Gasteiger partial charge in [-0.3, -0.25) is 29.5 Å².